The molecule has 2 N–H and O–H groups in total. The quantitative estimate of drug-likeness (QED) is 0.719. The Hall–Kier alpha value is -2.44. The number of rotatable bonds is 5. The third-order valence-electron chi connectivity index (χ3n) is 2.99. The lowest BCUT2D eigenvalue weighted by molar-refractivity contribution is -0.131. The van der Waals surface area contributed by atoms with Crippen molar-refractivity contribution in [3.8, 4) is 0 Å². The van der Waals surface area contributed by atoms with Crippen molar-refractivity contribution in [2.75, 3.05) is 13.6 Å². The Morgan fingerprint density at radius 1 is 1.45 bits per heavy atom. The van der Waals surface area contributed by atoms with Crippen LogP contribution in [0, 0.1) is 13.8 Å². The zero-order chi connectivity index (χ0) is 15.3. The van der Waals surface area contributed by atoms with Gasteiger partial charge >= 0.3 is 0 Å². The van der Waals surface area contributed by atoms with Gasteiger partial charge in [-0.05, 0) is 25.5 Å². The second-order valence-electron chi connectivity index (χ2n) is 4.42. The van der Waals surface area contributed by atoms with Crippen molar-refractivity contribution in [3.63, 3.8) is 0 Å². The predicted molar refractivity (Wildman–Crippen MR) is 74.0 cm³/mol. The molecule has 0 saturated heterocycles. The van der Waals surface area contributed by atoms with E-state index in [-0.39, 0.29) is 30.5 Å². The highest BCUT2D eigenvalue weighted by atomic mass is 16.2. The van der Waals surface area contributed by atoms with E-state index in [2.05, 4.69) is 22.1 Å². The molecule has 1 rings (SSSR count). The lowest BCUT2D eigenvalue weighted by atomic mass is 10.1. The van der Waals surface area contributed by atoms with Crippen LogP contribution < -0.4 is 10.9 Å². The molecule has 7 nitrogen and oxygen atoms in total. The summed E-state index contributed by atoms with van der Waals surface area (Å²) in [5, 5.41) is 8.80. The van der Waals surface area contributed by atoms with Gasteiger partial charge in [-0.15, -0.1) is 0 Å². The van der Waals surface area contributed by atoms with Gasteiger partial charge in [0.25, 0.3) is 5.56 Å². The summed E-state index contributed by atoms with van der Waals surface area (Å²) in [5.41, 5.74) is 1.57. The first-order valence-corrected chi connectivity index (χ1v) is 6.05. The molecule has 0 unspecified atom stereocenters. The van der Waals surface area contributed by atoms with E-state index in [1.807, 2.05) is 0 Å². The van der Waals surface area contributed by atoms with Crippen molar-refractivity contribution in [1.29, 1.82) is 0 Å². The Labute approximate surface area is 116 Å². The second-order valence-corrected chi connectivity index (χ2v) is 4.42. The summed E-state index contributed by atoms with van der Waals surface area (Å²) in [4.78, 5) is 35.8. The normalized spacial score (nSPS) is 9.95. The lowest BCUT2D eigenvalue weighted by Crippen LogP contribution is -2.38. The summed E-state index contributed by atoms with van der Waals surface area (Å²) in [6, 6.07) is 0. The van der Waals surface area contributed by atoms with Gasteiger partial charge in [-0.3, -0.25) is 14.4 Å². The van der Waals surface area contributed by atoms with Crippen LogP contribution in [-0.2, 0) is 16.1 Å². The monoisotopic (exact) mass is 278 g/mol. The first kappa shape index (κ1) is 15.6. The zero-order valence-electron chi connectivity index (χ0n) is 11.8. The van der Waals surface area contributed by atoms with Crippen molar-refractivity contribution in [3.05, 3.63) is 39.8 Å². The fourth-order valence-electron chi connectivity index (χ4n) is 1.58. The molecule has 1 aromatic rings. The van der Waals surface area contributed by atoms with E-state index in [1.165, 1.54) is 11.9 Å². The fraction of sp³-hybridized carbons (Fsp3) is 0.385. The molecule has 2 amide bonds. The van der Waals surface area contributed by atoms with Crippen LogP contribution in [0.3, 0.4) is 0 Å². The number of nitrogens with one attached hydrogen (secondary N) is 2. The maximum atomic E-state index is 11.7. The molecule has 20 heavy (non-hydrogen) atoms. The molecule has 0 fully saturated rings. The number of likely N-dealkylation sites (N-methyl/N-ethyl adjacent to an activating group) is 1. The predicted octanol–water partition coefficient (Wildman–Crippen LogP) is -0.353. The molecule has 108 valence electrons. The molecule has 0 atom stereocenters. The molecule has 0 aromatic carbocycles. The molecule has 0 saturated carbocycles. The van der Waals surface area contributed by atoms with Crippen LogP contribution in [-0.4, -0.2) is 40.5 Å². The molecule has 7 heteroatoms. The minimum atomic E-state index is -0.351. The standard InChI is InChI=1S/C13H18N4O3/c1-5-12(19)17(4)7-11(18)14-6-10-8(2)9(3)15-16-13(10)20/h5H,1,6-7H2,2-4H3,(H,14,18)(H,16,20). The topological polar surface area (TPSA) is 95.2 Å². The van der Waals surface area contributed by atoms with Crippen molar-refractivity contribution < 1.29 is 9.59 Å². The van der Waals surface area contributed by atoms with Crippen LogP contribution in [0.25, 0.3) is 0 Å². The van der Waals surface area contributed by atoms with Gasteiger partial charge in [-0.25, -0.2) is 5.10 Å². The van der Waals surface area contributed by atoms with E-state index in [4.69, 9.17) is 0 Å². The number of aromatic nitrogens is 2. The van der Waals surface area contributed by atoms with E-state index in [0.717, 1.165) is 11.6 Å². The third kappa shape index (κ3) is 3.78. The van der Waals surface area contributed by atoms with Crippen LogP contribution in [0.15, 0.2) is 17.4 Å². The molecular weight excluding hydrogens is 260 g/mol. The number of H-pyrrole nitrogens is 1. The van der Waals surface area contributed by atoms with Gasteiger partial charge in [0.15, 0.2) is 0 Å². The highest BCUT2D eigenvalue weighted by molar-refractivity contribution is 5.90. The van der Waals surface area contributed by atoms with Crippen molar-refractivity contribution >= 4 is 11.8 Å². The van der Waals surface area contributed by atoms with Gasteiger partial charge in [0, 0.05) is 19.2 Å². The summed E-state index contributed by atoms with van der Waals surface area (Å²) in [6.45, 7) is 6.89. The van der Waals surface area contributed by atoms with E-state index in [9.17, 15) is 14.4 Å². The van der Waals surface area contributed by atoms with Gasteiger partial charge in [0.05, 0.1) is 12.2 Å². The van der Waals surface area contributed by atoms with Gasteiger partial charge < -0.3 is 10.2 Å². The van der Waals surface area contributed by atoms with Crippen LogP contribution in [0.5, 0.6) is 0 Å². The summed E-state index contributed by atoms with van der Waals surface area (Å²) in [7, 11) is 1.50. The third-order valence-corrected chi connectivity index (χ3v) is 2.99. The van der Waals surface area contributed by atoms with Crippen molar-refractivity contribution in [2.45, 2.75) is 20.4 Å². The largest absolute Gasteiger partial charge is 0.350 e. The Kier molecular flexibility index (Phi) is 5.19. The molecule has 0 aliphatic rings. The second kappa shape index (κ2) is 6.65. The highest BCUT2D eigenvalue weighted by Crippen LogP contribution is 2.04. The maximum Gasteiger partial charge on any atom is 0.269 e. The minimum Gasteiger partial charge on any atom is -0.350 e. The van der Waals surface area contributed by atoms with Crippen molar-refractivity contribution in [2.24, 2.45) is 0 Å². The Morgan fingerprint density at radius 3 is 2.70 bits per heavy atom. The average Bonchev–Trinajstić information content (AvgIpc) is 2.42. The average molecular weight is 278 g/mol. The summed E-state index contributed by atoms with van der Waals surface area (Å²) < 4.78 is 0. The van der Waals surface area contributed by atoms with Crippen molar-refractivity contribution in [1.82, 2.24) is 20.4 Å². The SMILES string of the molecule is C=CC(=O)N(C)CC(=O)NCc1c(C)c(C)n[nH]c1=O. The Morgan fingerprint density at radius 2 is 2.10 bits per heavy atom. The number of carbonyl (C=O) groups is 2. The molecule has 0 bridgehead atoms. The highest BCUT2D eigenvalue weighted by Gasteiger charge is 2.12. The first-order valence-electron chi connectivity index (χ1n) is 6.05. The Balaban J connectivity index is 2.67. The van der Waals surface area contributed by atoms with E-state index < -0.39 is 0 Å². The van der Waals surface area contributed by atoms with Crippen LogP contribution >= 0.6 is 0 Å². The summed E-state index contributed by atoms with van der Waals surface area (Å²) in [6.07, 6.45) is 1.13. The number of hydrogen-bond acceptors (Lipinski definition) is 4. The van der Waals surface area contributed by atoms with E-state index >= 15 is 0 Å². The van der Waals surface area contributed by atoms with Gasteiger partial charge in [-0.2, -0.15) is 5.10 Å². The summed E-state index contributed by atoms with van der Waals surface area (Å²) >= 11 is 0. The zero-order valence-corrected chi connectivity index (χ0v) is 11.8. The lowest BCUT2D eigenvalue weighted by Gasteiger charge is -2.15. The van der Waals surface area contributed by atoms with Gasteiger partial charge in [0.1, 0.15) is 0 Å². The fourth-order valence-corrected chi connectivity index (χ4v) is 1.58. The van der Waals surface area contributed by atoms with Crippen LogP contribution in [0.2, 0.25) is 0 Å². The maximum absolute atomic E-state index is 11.7. The first-order chi connectivity index (χ1) is 9.36. The van der Waals surface area contributed by atoms with Gasteiger partial charge in [0.2, 0.25) is 11.8 Å². The number of nitrogens with zero attached hydrogens (tertiary/aromatic N) is 2. The number of aromatic amines is 1. The molecule has 0 spiro atoms. The molecule has 0 aliphatic heterocycles. The van der Waals surface area contributed by atoms with Gasteiger partial charge in [-0.1, -0.05) is 6.58 Å². The summed E-state index contributed by atoms with van der Waals surface area (Å²) in [5.74, 6) is -0.690. The Bertz CT molecular complexity index is 592. The van der Waals surface area contributed by atoms with E-state index in [1.54, 1.807) is 13.8 Å². The smallest absolute Gasteiger partial charge is 0.269 e. The minimum absolute atomic E-state index is 0.0914. The molecule has 0 radical (unpaired) electrons. The number of aryl methyl sites for hydroxylation is 1. The molecule has 0 aliphatic carbocycles. The molecular formula is C13H18N4O3. The van der Waals surface area contributed by atoms with Crippen LogP contribution in [0.1, 0.15) is 16.8 Å². The molecule has 1 aromatic heterocycles. The van der Waals surface area contributed by atoms with Crippen LogP contribution in [0.4, 0.5) is 0 Å². The number of hydrogen-bond donors (Lipinski definition) is 2. The number of amides is 2. The molecule has 1 heterocycles. The van der Waals surface area contributed by atoms with E-state index in [0.29, 0.717) is 11.3 Å². The number of carbonyl (C=O) groups excluding carboxylic acids is 2.